The third-order valence-corrected chi connectivity index (χ3v) is 6.77. The van der Waals surface area contributed by atoms with Gasteiger partial charge < -0.3 is 10.1 Å². The number of aryl methyl sites for hydroxylation is 2. The average molecular weight is 453 g/mol. The van der Waals surface area contributed by atoms with Gasteiger partial charge in [0.05, 0.1) is 23.3 Å². The first-order valence-electron chi connectivity index (χ1n) is 9.85. The smallest absolute Gasteiger partial charge is 0.337 e. The lowest BCUT2D eigenvalue weighted by Gasteiger charge is -2.25. The Morgan fingerprint density at radius 2 is 1.56 bits per heavy atom. The zero-order valence-corrected chi connectivity index (χ0v) is 18.8. The molecule has 7 nitrogen and oxygen atoms in total. The topological polar surface area (TPSA) is 92.8 Å². The van der Waals surface area contributed by atoms with Crippen LogP contribution in [0.25, 0.3) is 0 Å². The van der Waals surface area contributed by atoms with Crippen molar-refractivity contribution in [1.29, 1.82) is 0 Å². The zero-order chi connectivity index (χ0) is 23.3. The van der Waals surface area contributed by atoms with Crippen LogP contribution in [0.4, 0.5) is 11.4 Å². The van der Waals surface area contributed by atoms with E-state index in [1.165, 1.54) is 31.4 Å². The lowest BCUT2D eigenvalue weighted by atomic mass is 10.1. The molecule has 0 fully saturated rings. The van der Waals surface area contributed by atoms with Crippen molar-refractivity contribution in [2.24, 2.45) is 0 Å². The maximum atomic E-state index is 13.4. The molecule has 3 rings (SSSR count). The van der Waals surface area contributed by atoms with Crippen molar-refractivity contribution in [3.05, 3.63) is 89.5 Å². The van der Waals surface area contributed by atoms with Gasteiger partial charge in [0.25, 0.3) is 10.0 Å². The van der Waals surface area contributed by atoms with E-state index >= 15 is 0 Å². The predicted octanol–water partition coefficient (Wildman–Crippen LogP) is 3.92. The van der Waals surface area contributed by atoms with Gasteiger partial charge in [-0.15, -0.1) is 0 Å². The molecule has 32 heavy (non-hydrogen) atoms. The maximum absolute atomic E-state index is 13.4. The Balaban J connectivity index is 1.89. The number of amides is 1. The fourth-order valence-electron chi connectivity index (χ4n) is 3.05. The zero-order valence-electron chi connectivity index (χ0n) is 18.0. The Morgan fingerprint density at radius 1 is 0.906 bits per heavy atom. The highest BCUT2D eigenvalue weighted by Gasteiger charge is 2.27. The van der Waals surface area contributed by atoms with E-state index in [2.05, 4.69) is 10.1 Å². The Kier molecular flexibility index (Phi) is 6.95. The summed E-state index contributed by atoms with van der Waals surface area (Å²) in [6, 6.07) is 19.4. The largest absolute Gasteiger partial charge is 0.465 e. The van der Waals surface area contributed by atoms with Gasteiger partial charge in [-0.2, -0.15) is 0 Å². The Hall–Kier alpha value is -3.65. The molecule has 0 spiro atoms. The summed E-state index contributed by atoms with van der Waals surface area (Å²) in [5.41, 5.74) is 3.09. The molecule has 0 saturated carbocycles. The number of anilines is 2. The van der Waals surface area contributed by atoms with E-state index in [1.807, 2.05) is 19.9 Å². The minimum Gasteiger partial charge on any atom is -0.465 e. The van der Waals surface area contributed by atoms with Gasteiger partial charge in [0.2, 0.25) is 5.91 Å². The molecular weight excluding hydrogens is 428 g/mol. The van der Waals surface area contributed by atoms with Crippen molar-refractivity contribution in [1.82, 2.24) is 0 Å². The molecule has 8 heteroatoms. The van der Waals surface area contributed by atoms with Gasteiger partial charge >= 0.3 is 5.97 Å². The first-order chi connectivity index (χ1) is 15.2. The molecule has 3 aromatic carbocycles. The van der Waals surface area contributed by atoms with Crippen molar-refractivity contribution in [3.63, 3.8) is 0 Å². The van der Waals surface area contributed by atoms with Crippen LogP contribution in [0, 0.1) is 13.8 Å². The van der Waals surface area contributed by atoms with E-state index in [-0.39, 0.29) is 4.90 Å². The van der Waals surface area contributed by atoms with Crippen molar-refractivity contribution in [2.75, 3.05) is 23.3 Å². The van der Waals surface area contributed by atoms with Gasteiger partial charge in [0, 0.05) is 5.69 Å². The molecule has 0 aromatic heterocycles. The van der Waals surface area contributed by atoms with Crippen LogP contribution in [-0.2, 0) is 19.6 Å². The van der Waals surface area contributed by atoms with Gasteiger partial charge in [-0.05, 0) is 73.5 Å². The molecule has 0 saturated heterocycles. The monoisotopic (exact) mass is 452 g/mol. The average Bonchev–Trinajstić information content (AvgIpc) is 2.80. The second-order valence-corrected chi connectivity index (χ2v) is 9.07. The Morgan fingerprint density at radius 3 is 2.16 bits per heavy atom. The van der Waals surface area contributed by atoms with Crippen LogP contribution in [0.5, 0.6) is 0 Å². The number of rotatable bonds is 7. The normalized spacial score (nSPS) is 11.0. The summed E-state index contributed by atoms with van der Waals surface area (Å²) >= 11 is 0. The quantitative estimate of drug-likeness (QED) is 0.549. The SMILES string of the molecule is COC(=O)c1ccc(NC(=O)CN(c2ccc(C)c(C)c2)S(=O)(=O)c2ccccc2)cc1. The van der Waals surface area contributed by atoms with Gasteiger partial charge in [-0.25, -0.2) is 13.2 Å². The number of nitrogens with zero attached hydrogens (tertiary/aromatic N) is 1. The predicted molar refractivity (Wildman–Crippen MR) is 123 cm³/mol. The van der Waals surface area contributed by atoms with Gasteiger partial charge in [0.1, 0.15) is 6.54 Å². The number of benzene rings is 3. The molecule has 3 aromatic rings. The van der Waals surface area contributed by atoms with Crippen molar-refractivity contribution < 1.29 is 22.7 Å². The standard InChI is InChI=1S/C24H24N2O5S/c1-17-9-14-21(15-18(17)2)26(32(29,30)22-7-5-4-6-8-22)16-23(27)25-20-12-10-19(11-13-20)24(28)31-3/h4-15H,16H2,1-3H3,(H,25,27). The van der Waals surface area contributed by atoms with Crippen LogP contribution in [0.2, 0.25) is 0 Å². The number of hydrogen-bond acceptors (Lipinski definition) is 5. The van der Waals surface area contributed by atoms with Gasteiger partial charge in [-0.1, -0.05) is 24.3 Å². The summed E-state index contributed by atoms with van der Waals surface area (Å²) in [6.45, 7) is 3.40. The molecule has 1 amide bonds. The molecule has 0 radical (unpaired) electrons. The van der Waals surface area contributed by atoms with E-state index in [4.69, 9.17) is 0 Å². The van der Waals surface area contributed by atoms with E-state index in [1.54, 1.807) is 42.5 Å². The first-order valence-corrected chi connectivity index (χ1v) is 11.3. The number of esters is 1. The third kappa shape index (κ3) is 5.15. The number of ether oxygens (including phenoxy) is 1. The van der Waals surface area contributed by atoms with Crippen LogP contribution in [0.1, 0.15) is 21.5 Å². The van der Waals surface area contributed by atoms with Crippen LogP contribution in [-0.4, -0.2) is 33.9 Å². The minimum absolute atomic E-state index is 0.0912. The van der Waals surface area contributed by atoms with E-state index in [0.717, 1.165) is 15.4 Å². The second-order valence-electron chi connectivity index (χ2n) is 7.21. The summed E-state index contributed by atoms with van der Waals surface area (Å²) < 4.78 is 32.5. The molecule has 0 aliphatic rings. The van der Waals surface area contributed by atoms with Gasteiger partial charge in [-0.3, -0.25) is 9.10 Å². The van der Waals surface area contributed by atoms with Crippen molar-refractivity contribution >= 4 is 33.3 Å². The number of sulfonamides is 1. The van der Waals surface area contributed by atoms with Crippen LogP contribution in [0.15, 0.2) is 77.7 Å². The maximum Gasteiger partial charge on any atom is 0.337 e. The highest BCUT2D eigenvalue weighted by molar-refractivity contribution is 7.92. The summed E-state index contributed by atoms with van der Waals surface area (Å²) in [4.78, 5) is 24.4. The van der Waals surface area contributed by atoms with E-state index in [9.17, 15) is 18.0 Å². The molecule has 1 N–H and O–H groups in total. The summed E-state index contributed by atoms with van der Waals surface area (Å²) in [6.07, 6.45) is 0. The molecule has 166 valence electrons. The molecule has 0 atom stereocenters. The molecular formula is C24H24N2O5S. The molecule has 0 unspecified atom stereocenters. The van der Waals surface area contributed by atoms with Crippen molar-refractivity contribution in [2.45, 2.75) is 18.7 Å². The molecule has 0 aliphatic heterocycles. The molecule has 0 aliphatic carbocycles. The first kappa shape index (κ1) is 23.0. The highest BCUT2D eigenvalue weighted by atomic mass is 32.2. The number of nitrogens with one attached hydrogen (secondary N) is 1. The summed E-state index contributed by atoms with van der Waals surface area (Å²) in [5.74, 6) is -1.01. The fraction of sp³-hybridized carbons (Fsp3) is 0.167. The van der Waals surface area contributed by atoms with Crippen LogP contribution >= 0.6 is 0 Å². The van der Waals surface area contributed by atoms with Crippen molar-refractivity contribution in [3.8, 4) is 0 Å². The lowest BCUT2D eigenvalue weighted by molar-refractivity contribution is -0.114. The number of methoxy groups -OCH3 is 1. The van der Waals surface area contributed by atoms with Crippen LogP contribution < -0.4 is 9.62 Å². The Labute approximate surface area is 187 Å². The van der Waals surface area contributed by atoms with Gasteiger partial charge in [0.15, 0.2) is 0 Å². The number of carbonyl (C=O) groups is 2. The van der Waals surface area contributed by atoms with Crippen LogP contribution in [0.3, 0.4) is 0 Å². The summed E-state index contributed by atoms with van der Waals surface area (Å²) in [5, 5.41) is 2.68. The number of carbonyl (C=O) groups excluding carboxylic acids is 2. The fourth-order valence-corrected chi connectivity index (χ4v) is 4.49. The Bertz CT molecular complexity index is 1220. The third-order valence-electron chi connectivity index (χ3n) is 4.99. The molecule has 0 heterocycles. The highest BCUT2D eigenvalue weighted by Crippen LogP contribution is 2.26. The van der Waals surface area contributed by atoms with E-state index in [0.29, 0.717) is 16.9 Å². The lowest BCUT2D eigenvalue weighted by Crippen LogP contribution is -2.38. The second kappa shape index (κ2) is 9.65. The molecule has 0 bridgehead atoms. The minimum atomic E-state index is -3.98. The summed E-state index contributed by atoms with van der Waals surface area (Å²) in [7, 11) is -2.70. The number of hydrogen-bond donors (Lipinski definition) is 1. The van der Waals surface area contributed by atoms with E-state index < -0.39 is 28.4 Å².